The molecule has 2 aromatic carbocycles. The zero-order chi connectivity index (χ0) is 23.2. The summed E-state index contributed by atoms with van der Waals surface area (Å²) in [7, 11) is 0. The van der Waals surface area contributed by atoms with Gasteiger partial charge in [0.15, 0.2) is 5.13 Å². The third-order valence-corrected chi connectivity index (χ3v) is 6.95. The minimum atomic E-state index is -0.0673. The molecular formula is C26H30N4O2S. The van der Waals surface area contributed by atoms with Crippen LogP contribution in [0.5, 0.6) is 0 Å². The number of nitrogens with one attached hydrogen (secondary N) is 2. The van der Waals surface area contributed by atoms with Crippen LogP contribution in [0.15, 0.2) is 53.9 Å². The van der Waals surface area contributed by atoms with E-state index in [4.69, 9.17) is 0 Å². The zero-order valence-electron chi connectivity index (χ0n) is 19.1. The molecule has 0 spiro atoms. The summed E-state index contributed by atoms with van der Waals surface area (Å²) >= 11 is 1.43. The highest BCUT2D eigenvalue weighted by molar-refractivity contribution is 7.14. The molecule has 0 unspecified atom stereocenters. The molecule has 0 atom stereocenters. The van der Waals surface area contributed by atoms with Crippen molar-refractivity contribution in [2.75, 3.05) is 25.0 Å². The Hall–Kier alpha value is -3.19. The molecule has 0 aliphatic carbocycles. The number of piperidine rings is 1. The molecule has 0 radical (unpaired) electrons. The number of rotatable bonds is 7. The van der Waals surface area contributed by atoms with Crippen molar-refractivity contribution in [2.24, 2.45) is 5.92 Å². The van der Waals surface area contributed by atoms with Crippen molar-refractivity contribution in [3.8, 4) is 0 Å². The molecule has 2 heterocycles. The summed E-state index contributed by atoms with van der Waals surface area (Å²) in [5, 5.41) is 8.84. The lowest BCUT2D eigenvalue weighted by Crippen LogP contribution is -2.43. The maximum absolute atomic E-state index is 12.9. The van der Waals surface area contributed by atoms with E-state index in [9.17, 15) is 9.59 Å². The zero-order valence-corrected chi connectivity index (χ0v) is 20.0. The van der Waals surface area contributed by atoms with Crippen molar-refractivity contribution in [1.29, 1.82) is 0 Å². The van der Waals surface area contributed by atoms with E-state index < -0.39 is 0 Å². The van der Waals surface area contributed by atoms with Crippen molar-refractivity contribution in [1.82, 2.24) is 15.2 Å². The van der Waals surface area contributed by atoms with Gasteiger partial charge in [-0.3, -0.25) is 9.59 Å². The van der Waals surface area contributed by atoms with Crippen LogP contribution in [0, 0.1) is 19.8 Å². The highest BCUT2D eigenvalue weighted by Gasteiger charge is 2.28. The molecule has 3 aromatic rings. The van der Waals surface area contributed by atoms with Crippen LogP contribution in [-0.2, 0) is 11.2 Å². The van der Waals surface area contributed by atoms with Gasteiger partial charge >= 0.3 is 0 Å². The van der Waals surface area contributed by atoms with Gasteiger partial charge in [0.1, 0.15) is 5.69 Å². The highest BCUT2D eigenvalue weighted by Crippen LogP contribution is 2.25. The van der Waals surface area contributed by atoms with E-state index in [0.29, 0.717) is 43.3 Å². The second-order valence-electron chi connectivity index (χ2n) is 8.56. The van der Waals surface area contributed by atoms with Gasteiger partial charge in [-0.1, -0.05) is 36.4 Å². The van der Waals surface area contributed by atoms with E-state index in [2.05, 4.69) is 53.7 Å². The van der Waals surface area contributed by atoms with E-state index in [-0.39, 0.29) is 17.7 Å². The van der Waals surface area contributed by atoms with Gasteiger partial charge in [-0.15, -0.1) is 11.3 Å². The summed E-state index contributed by atoms with van der Waals surface area (Å²) < 4.78 is 0. The monoisotopic (exact) mass is 462 g/mol. The Bertz CT molecular complexity index is 1100. The normalized spacial score (nSPS) is 14.2. The van der Waals surface area contributed by atoms with Gasteiger partial charge in [0.05, 0.1) is 0 Å². The number of hydrogen-bond acceptors (Lipinski definition) is 5. The van der Waals surface area contributed by atoms with Gasteiger partial charge in [0.2, 0.25) is 5.91 Å². The van der Waals surface area contributed by atoms with Crippen LogP contribution in [0.4, 0.5) is 10.8 Å². The average molecular weight is 463 g/mol. The van der Waals surface area contributed by atoms with Gasteiger partial charge in [0, 0.05) is 36.6 Å². The van der Waals surface area contributed by atoms with Gasteiger partial charge in [-0.2, -0.15) is 0 Å². The second kappa shape index (κ2) is 10.6. The Kier molecular flexibility index (Phi) is 7.40. The van der Waals surface area contributed by atoms with E-state index in [1.165, 1.54) is 28.0 Å². The molecule has 1 saturated heterocycles. The van der Waals surface area contributed by atoms with Gasteiger partial charge in [-0.05, 0) is 61.9 Å². The first-order valence-corrected chi connectivity index (χ1v) is 12.3. The van der Waals surface area contributed by atoms with E-state index in [1.54, 1.807) is 5.38 Å². The molecule has 1 fully saturated rings. The summed E-state index contributed by atoms with van der Waals surface area (Å²) in [6, 6.07) is 16.3. The summed E-state index contributed by atoms with van der Waals surface area (Å²) in [5.41, 5.74) is 5.08. The number of aryl methyl sites for hydroxylation is 2. The Balaban J connectivity index is 1.24. The smallest absolute Gasteiger partial charge is 0.273 e. The molecular weight excluding hydrogens is 432 g/mol. The fourth-order valence-corrected chi connectivity index (χ4v) is 4.70. The minimum absolute atomic E-state index is 0.0396. The first kappa shape index (κ1) is 23.0. The van der Waals surface area contributed by atoms with E-state index >= 15 is 0 Å². The number of carbonyl (C=O) groups excluding carboxylic acids is 2. The van der Waals surface area contributed by atoms with Crippen LogP contribution in [0.2, 0.25) is 0 Å². The Labute approximate surface area is 199 Å². The highest BCUT2D eigenvalue weighted by atomic mass is 32.1. The molecule has 172 valence electrons. The number of anilines is 2. The molecule has 2 N–H and O–H groups in total. The molecule has 1 aliphatic rings. The molecule has 1 aliphatic heterocycles. The van der Waals surface area contributed by atoms with Crippen LogP contribution in [0.25, 0.3) is 0 Å². The van der Waals surface area contributed by atoms with Crippen molar-refractivity contribution < 1.29 is 9.59 Å². The number of amides is 2. The van der Waals surface area contributed by atoms with Crippen molar-refractivity contribution in [3.63, 3.8) is 0 Å². The maximum atomic E-state index is 12.9. The maximum Gasteiger partial charge on any atom is 0.273 e. The van der Waals surface area contributed by atoms with Crippen LogP contribution in [0.3, 0.4) is 0 Å². The predicted molar refractivity (Wildman–Crippen MR) is 133 cm³/mol. The number of hydrogen-bond donors (Lipinski definition) is 2. The molecule has 7 heteroatoms. The summed E-state index contributed by atoms with van der Waals surface area (Å²) in [5.74, 6) is -0.0175. The minimum Gasteiger partial charge on any atom is -0.356 e. The molecule has 2 amide bonds. The number of carbonyl (C=O) groups is 2. The lowest BCUT2D eigenvalue weighted by atomic mass is 9.95. The van der Waals surface area contributed by atoms with Crippen molar-refractivity contribution in [2.45, 2.75) is 33.1 Å². The SMILES string of the molecule is Cc1ccc(Nc2nc(C(=O)N3CCC(C(=O)NCCc4ccccc4)CC3)cs2)cc1C. The second-order valence-corrected chi connectivity index (χ2v) is 9.41. The first-order valence-electron chi connectivity index (χ1n) is 11.4. The number of benzene rings is 2. The first-order chi connectivity index (χ1) is 16.0. The van der Waals surface area contributed by atoms with E-state index in [1.807, 2.05) is 29.2 Å². The Morgan fingerprint density at radius 2 is 1.82 bits per heavy atom. The standard InChI is InChI=1S/C26H30N4O2S/c1-18-8-9-22(16-19(18)2)28-26-29-23(17-33-26)25(32)30-14-11-21(12-15-30)24(31)27-13-10-20-6-4-3-5-7-20/h3-9,16-17,21H,10-15H2,1-2H3,(H,27,31)(H,28,29). The van der Waals surface area contributed by atoms with Crippen molar-refractivity contribution >= 4 is 34.0 Å². The molecule has 33 heavy (non-hydrogen) atoms. The lowest BCUT2D eigenvalue weighted by molar-refractivity contribution is -0.126. The van der Waals surface area contributed by atoms with Gasteiger partial charge in [0.25, 0.3) is 5.91 Å². The molecule has 4 rings (SSSR count). The number of aromatic nitrogens is 1. The molecule has 0 saturated carbocycles. The fraction of sp³-hybridized carbons (Fsp3) is 0.346. The van der Waals surface area contributed by atoms with Crippen LogP contribution in [0.1, 0.15) is 40.0 Å². The molecule has 0 bridgehead atoms. The topological polar surface area (TPSA) is 74.3 Å². The third-order valence-electron chi connectivity index (χ3n) is 6.19. The van der Waals surface area contributed by atoms with Gasteiger partial charge in [-0.25, -0.2) is 4.98 Å². The quantitative estimate of drug-likeness (QED) is 0.533. The molecule has 6 nitrogen and oxygen atoms in total. The average Bonchev–Trinajstić information content (AvgIpc) is 3.30. The third kappa shape index (κ3) is 5.99. The fourth-order valence-electron chi connectivity index (χ4n) is 4.00. The van der Waals surface area contributed by atoms with E-state index in [0.717, 1.165) is 12.1 Å². The number of likely N-dealkylation sites (tertiary alicyclic amines) is 1. The van der Waals surface area contributed by atoms with Crippen LogP contribution in [-0.4, -0.2) is 41.3 Å². The Morgan fingerprint density at radius 3 is 2.55 bits per heavy atom. The number of thiazole rings is 1. The predicted octanol–water partition coefficient (Wildman–Crippen LogP) is 4.71. The summed E-state index contributed by atoms with van der Waals surface area (Å²) in [6.07, 6.45) is 2.19. The summed E-state index contributed by atoms with van der Waals surface area (Å²) in [4.78, 5) is 31.7. The Morgan fingerprint density at radius 1 is 1.06 bits per heavy atom. The van der Waals surface area contributed by atoms with Crippen molar-refractivity contribution in [3.05, 3.63) is 76.3 Å². The number of nitrogens with zero attached hydrogens (tertiary/aromatic N) is 2. The molecule has 1 aromatic heterocycles. The van der Waals surface area contributed by atoms with Gasteiger partial charge < -0.3 is 15.5 Å². The van der Waals surface area contributed by atoms with Crippen LogP contribution >= 0.6 is 11.3 Å². The summed E-state index contributed by atoms with van der Waals surface area (Å²) in [6.45, 7) is 5.94. The van der Waals surface area contributed by atoms with Crippen LogP contribution < -0.4 is 10.6 Å². The lowest BCUT2D eigenvalue weighted by Gasteiger charge is -2.30. The largest absolute Gasteiger partial charge is 0.356 e.